The highest BCUT2D eigenvalue weighted by atomic mass is 79.9. The van der Waals surface area contributed by atoms with Crippen LogP contribution in [-0.4, -0.2) is 21.0 Å². The summed E-state index contributed by atoms with van der Waals surface area (Å²) in [5, 5.41) is 6.87. The van der Waals surface area contributed by atoms with Crippen molar-refractivity contribution in [3.05, 3.63) is 64.6 Å². The highest BCUT2D eigenvalue weighted by Crippen LogP contribution is 2.18. The molecule has 0 spiro atoms. The van der Waals surface area contributed by atoms with Crippen molar-refractivity contribution in [2.75, 3.05) is 0 Å². The molecule has 0 radical (unpaired) electrons. The summed E-state index contributed by atoms with van der Waals surface area (Å²) in [5.74, 6) is 0.787. The number of carbonyl (C=O) groups is 1. The maximum atomic E-state index is 12.1. The lowest BCUT2D eigenvalue weighted by atomic mass is 10.1. The molecular formula is C18H17BrN4O2. The Hall–Kier alpha value is -2.54. The zero-order valence-electron chi connectivity index (χ0n) is 13.6. The average Bonchev–Trinajstić information content (AvgIpc) is 3.10. The molecule has 128 valence electrons. The largest absolute Gasteiger partial charge is 0.350 e. The third-order valence-electron chi connectivity index (χ3n) is 3.65. The summed E-state index contributed by atoms with van der Waals surface area (Å²) in [6, 6.07) is 13.3. The van der Waals surface area contributed by atoms with E-state index in [9.17, 15) is 4.79 Å². The quantitative estimate of drug-likeness (QED) is 0.681. The Kier molecular flexibility index (Phi) is 5.55. The van der Waals surface area contributed by atoms with Crippen LogP contribution in [0.2, 0.25) is 0 Å². The molecular weight excluding hydrogens is 384 g/mol. The van der Waals surface area contributed by atoms with Gasteiger partial charge in [-0.25, -0.2) is 0 Å². The fourth-order valence-electron chi connectivity index (χ4n) is 2.35. The first-order chi connectivity index (χ1) is 12.1. The van der Waals surface area contributed by atoms with Gasteiger partial charge in [0.05, 0.1) is 6.04 Å². The standard InChI is InChI=1S/C18H17BrN4O2/c1-12(13-5-4-6-14(19)11-13)21-16(24)8-9-17-22-18(23-25-17)15-7-2-3-10-20-15/h2-7,10-12H,8-9H2,1H3,(H,21,24)/t12-/m0/s1. The van der Waals surface area contributed by atoms with Gasteiger partial charge in [-0.2, -0.15) is 4.98 Å². The third-order valence-corrected chi connectivity index (χ3v) is 4.15. The van der Waals surface area contributed by atoms with E-state index in [1.165, 1.54) is 0 Å². The van der Waals surface area contributed by atoms with E-state index in [-0.39, 0.29) is 18.4 Å². The Bertz CT molecular complexity index is 851. The molecule has 0 saturated heterocycles. The number of aromatic nitrogens is 3. The van der Waals surface area contributed by atoms with E-state index in [1.54, 1.807) is 12.3 Å². The second kappa shape index (κ2) is 8.02. The number of hydrogen-bond donors (Lipinski definition) is 1. The molecule has 3 rings (SSSR count). The van der Waals surface area contributed by atoms with Gasteiger partial charge in [0, 0.05) is 23.5 Å². The summed E-state index contributed by atoms with van der Waals surface area (Å²) in [6.45, 7) is 1.95. The first-order valence-electron chi connectivity index (χ1n) is 7.90. The minimum Gasteiger partial charge on any atom is -0.350 e. The summed E-state index contributed by atoms with van der Waals surface area (Å²) in [4.78, 5) is 20.6. The molecule has 0 saturated carbocycles. The predicted molar refractivity (Wildman–Crippen MR) is 96.5 cm³/mol. The summed E-state index contributed by atoms with van der Waals surface area (Å²) in [6.07, 6.45) is 2.33. The smallest absolute Gasteiger partial charge is 0.227 e. The van der Waals surface area contributed by atoms with Crippen molar-refractivity contribution in [2.45, 2.75) is 25.8 Å². The Morgan fingerprint density at radius 3 is 2.92 bits per heavy atom. The van der Waals surface area contributed by atoms with E-state index in [4.69, 9.17) is 4.52 Å². The van der Waals surface area contributed by atoms with Crippen molar-refractivity contribution in [1.82, 2.24) is 20.4 Å². The molecule has 0 bridgehead atoms. The summed E-state index contributed by atoms with van der Waals surface area (Å²) < 4.78 is 6.17. The number of benzene rings is 1. The van der Waals surface area contributed by atoms with Crippen molar-refractivity contribution >= 4 is 21.8 Å². The molecule has 0 aliphatic carbocycles. The number of rotatable bonds is 6. The summed E-state index contributed by atoms with van der Waals surface area (Å²) in [7, 11) is 0. The molecule has 25 heavy (non-hydrogen) atoms. The highest BCUT2D eigenvalue weighted by Gasteiger charge is 2.13. The van der Waals surface area contributed by atoms with E-state index in [1.807, 2.05) is 43.3 Å². The highest BCUT2D eigenvalue weighted by molar-refractivity contribution is 9.10. The maximum Gasteiger partial charge on any atom is 0.227 e. The Balaban J connectivity index is 1.53. The Morgan fingerprint density at radius 2 is 2.16 bits per heavy atom. The average molecular weight is 401 g/mol. The fourth-order valence-corrected chi connectivity index (χ4v) is 2.77. The topological polar surface area (TPSA) is 80.9 Å². The van der Waals surface area contributed by atoms with Crippen molar-refractivity contribution in [1.29, 1.82) is 0 Å². The predicted octanol–water partition coefficient (Wildman–Crippen LogP) is 3.70. The normalized spacial score (nSPS) is 11.9. The zero-order chi connectivity index (χ0) is 17.6. The molecule has 0 unspecified atom stereocenters. The van der Waals surface area contributed by atoms with Crippen LogP contribution in [0.4, 0.5) is 0 Å². The van der Waals surface area contributed by atoms with E-state index in [0.717, 1.165) is 10.0 Å². The molecule has 2 aromatic heterocycles. The molecule has 1 N–H and O–H groups in total. The van der Waals surface area contributed by atoms with Gasteiger partial charge < -0.3 is 9.84 Å². The van der Waals surface area contributed by atoms with Gasteiger partial charge in [0.15, 0.2) is 0 Å². The lowest BCUT2D eigenvalue weighted by Gasteiger charge is -2.14. The van der Waals surface area contributed by atoms with Crippen LogP contribution in [0.25, 0.3) is 11.5 Å². The first-order valence-corrected chi connectivity index (χ1v) is 8.70. The maximum absolute atomic E-state index is 12.1. The van der Waals surface area contributed by atoms with E-state index in [0.29, 0.717) is 23.8 Å². The molecule has 1 aromatic carbocycles. The van der Waals surface area contributed by atoms with E-state index >= 15 is 0 Å². The van der Waals surface area contributed by atoms with Crippen molar-refractivity contribution in [3.8, 4) is 11.5 Å². The molecule has 1 atom stereocenters. The molecule has 1 amide bonds. The van der Waals surface area contributed by atoms with Crippen LogP contribution in [0, 0.1) is 0 Å². The van der Waals surface area contributed by atoms with Gasteiger partial charge in [-0.1, -0.05) is 39.3 Å². The van der Waals surface area contributed by atoms with Crippen LogP contribution in [0.15, 0.2) is 57.7 Å². The molecule has 0 aliphatic rings. The van der Waals surface area contributed by atoms with Gasteiger partial charge in [-0.05, 0) is 36.8 Å². The van der Waals surface area contributed by atoms with Gasteiger partial charge in [0.1, 0.15) is 5.69 Å². The van der Waals surface area contributed by atoms with Gasteiger partial charge in [-0.15, -0.1) is 0 Å². The van der Waals surface area contributed by atoms with Gasteiger partial charge in [-0.3, -0.25) is 9.78 Å². The third kappa shape index (κ3) is 4.73. The number of hydrogen-bond acceptors (Lipinski definition) is 5. The van der Waals surface area contributed by atoms with Crippen LogP contribution >= 0.6 is 15.9 Å². The van der Waals surface area contributed by atoms with Crippen molar-refractivity contribution in [2.24, 2.45) is 0 Å². The summed E-state index contributed by atoms with van der Waals surface area (Å²) >= 11 is 3.43. The van der Waals surface area contributed by atoms with Gasteiger partial charge >= 0.3 is 0 Å². The molecule has 7 heteroatoms. The Labute approximate surface area is 153 Å². The SMILES string of the molecule is C[C@H](NC(=O)CCc1nc(-c2ccccn2)no1)c1cccc(Br)c1. The van der Waals surface area contributed by atoms with E-state index < -0.39 is 0 Å². The van der Waals surface area contributed by atoms with Crippen LogP contribution in [0.1, 0.15) is 30.8 Å². The van der Waals surface area contributed by atoms with Crippen LogP contribution in [0.3, 0.4) is 0 Å². The van der Waals surface area contributed by atoms with Crippen molar-refractivity contribution < 1.29 is 9.32 Å². The number of aryl methyl sites for hydroxylation is 1. The number of nitrogens with zero attached hydrogens (tertiary/aromatic N) is 3. The number of nitrogens with one attached hydrogen (secondary N) is 1. The zero-order valence-corrected chi connectivity index (χ0v) is 15.2. The van der Waals surface area contributed by atoms with Gasteiger partial charge in [0.2, 0.25) is 17.6 Å². The van der Waals surface area contributed by atoms with Gasteiger partial charge in [0.25, 0.3) is 0 Å². The van der Waals surface area contributed by atoms with Crippen LogP contribution in [-0.2, 0) is 11.2 Å². The lowest BCUT2D eigenvalue weighted by Crippen LogP contribution is -2.26. The molecule has 3 aromatic rings. The molecule has 6 nitrogen and oxygen atoms in total. The minimum atomic E-state index is -0.0724. The fraction of sp³-hybridized carbons (Fsp3) is 0.222. The second-order valence-corrected chi connectivity index (χ2v) is 6.49. The minimum absolute atomic E-state index is 0.0648. The van der Waals surface area contributed by atoms with Crippen LogP contribution in [0.5, 0.6) is 0 Å². The lowest BCUT2D eigenvalue weighted by molar-refractivity contribution is -0.121. The monoisotopic (exact) mass is 400 g/mol. The molecule has 0 fully saturated rings. The Morgan fingerprint density at radius 1 is 1.28 bits per heavy atom. The number of carbonyl (C=O) groups excluding carboxylic acids is 1. The summed E-state index contributed by atoms with van der Waals surface area (Å²) in [5.41, 5.74) is 1.68. The number of halogens is 1. The molecule has 0 aliphatic heterocycles. The molecule has 2 heterocycles. The number of pyridine rings is 1. The van der Waals surface area contributed by atoms with E-state index in [2.05, 4.69) is 36.4 Å². The number of amides is 1. The van der Waals surface area contributed by atoms with Crippen molar-refractivity contribution in [3.63, 3.8) is 0 Å². The van der Waals surface area contributed by atoms with Crippen LogP contribution < -0.4 is 5.32 Å². The first kappa shape index (κ1) is 17.3. The second-order valence-electron chi connectivity index (χ2n) is 5.57.